The van der Waals surface area contributed by atoms with E-state index in [0.29, 0.717) is 24.2 Å². The maximum Gasteiger partial charge on any atom is 0.259 e. The van der Waals surface area contributed by atoms with E-state index < -0.39 is 0 Å². The number of amides is 1. The molecule has 0 spiro atoms. The molecule has 0 saturated carbocycles. The van der Waals surface area contributed by atoms with Gasteiger partial charge in [0.15, 0.2) is 0 Å². The molecule has 1 aliphatic heterocycles. The number of aliphatic hydroxyl groups is 1. The quantitative estimate of drug-likeness (QED) is 0.552. The molecule has 184 valence electrons. The summed E-state index contributed by atoms with van der Waals surface area (Å²) in [7, 11) is 2.04. The standard InChI is InChI=1S/C28H32FN3O3/c1-19-15-32(20(2)18-33)28(34)24-13-22(23-11-7-8-12-25(23)29)14-30-27(24)35-26(19)17-31(3)16-21-9-5-4-6-10-21/h4-14,19-20,26,33H,15-18H2,1-3H3/t19-,20+,26-/m0/s1. The van der Waals surface area contributed by atoms with Gasteiger partial charge in [-0.1, -0.05) is 55.5 Å². The Labute approximate surface area is 206 Å². The van der Waals surface area contributed by atoms with Crippen molar-refractivity contribution in [3.8, 4) is 17.0 Å². The molecule has 0 bridgehead atoms. The molecule has 4 rings (SSSR count). The molecule has 1 N–H and O–H groups in total. The Kier molecular flexibility index (Phi) is 7.78. The van der Waals surface area contributed by atoms with E-state index in [9.17, 15) is 14.3 Å². The lowest BCUT2D eigenvalue weighted by Gasteiger charge is -2.37. The topological polar surface area (TPSA) is 65.9 Å². The zero-order chi connectivity index (χ0) is 24.9. The molecule has 2 aromatic carbocycles. The number of carbonyl (C=O) groups is 1. The number of halogens is 1. The molecule has 7 heteroatoms. The summed E-state index contributed by atoms with van der Waals surface area (Å²) in [6.45, 7) is 5.51. The maximum atomic E-state index is 14.5. The fourth-order valence-corrected chi connectivity index (χ4v) is 4.43. The molecule has 3 atom stereocenters. The lowest BCUT2D eigenvalue weighted by molar-refractivity contribution is 0.0325. The van der Waals surface area contributed by atoms with Gasteiger partial charge in [0.05, 0.1) is 12.6 Å². The van der Waals surface area contributed by atoms with Crippen LogP contribution in [0.1, 0.15) is 29.8 Å². The highest BCUT2D eigenvalue weighted by molar-refractivity contribution is 5.98. The van der Waals surface area contributed by atoms with Gasteiger partial charge in [-0.3, -0.25) is 9.69 Å². The Balaban J connectivity index is 1.67. The molecule has 0 radical (unpaired) electrons. The minimum absolute atomic E-state index is 0.00707. The number of pyridine rings is 1. The normalized spacial score (nSPS) is 19.0. The van der Waals surface area contributed by atoms with Crippen molar-refractivity contribution in [2.24, 2.45) is 5.92 Å². The van der Waals surface area contributed by atoms with Crippen molar-refractivity contribution in [3.63, 3.8) is 0 Å². The third-order valence-corrected chi connectivity index (χ3v) is 6.49. The molecule has 1 aliphatic rings. The summed E-state index contributed by atoms with van der Waals surface area (Å²) in [6.07, 6.45) is 1.30. The number of hydrogen-bond donors (Lipinski definition) is 1. The molecule has 0 aliphatic carbocycles. The first-order valence-corrected chi connectivity index (χ1v) is 11.9. The number of rotatable bonds is 7. The Bertz CT molecular complexity index is 1160. The molecular weight excluding hydrogens is 445 g/mol. The second kappa shape index (κ2) is 11.0. The van der Waals surface area contributed by atoms with Gasteiger partial charge in [-0.25, -0.2) is 9.37 Å². The Morgan fingerprint density at radius 2 is 1.89 bits per heavy atom. The maximum absolute atomic E-state index is 14.5. The number of carbonyl (C=O) groups excluding carboxylic acids is 1. The second-order valence-corrected chi connectivity index (χ2v) is 9.36. The minimum atomic E-state index is -0.386. The van der Waals surface area contributed by atoms with E-state index in [2.05, 4.69) is 22.0 Å². The zero-order valence-electron chi connectivity index (χ0n) is 20.4. The summed E-state index contributed by atoms with van der Waals surface area (Å²) >= 11 is 0. The van der Waals surface area contributed by atoms with Crippen molar-refractivity contribution < 1.29 is 19.0 Å². The smallest absolute Gasteiger partial charge is 0.259 e. The van der Waals surface area contributed by atoms with Crippen molar-refractivity contribution in [2.75, 3.05) is 26.7 Å². The SMILES string of the molecule is C[C@H](CO)N1C[C@H](C)[C@H](CN(C)Cc2ccccc2)Oc2ncc(-c3ccccc3F)cc2C1=O. The van der Waals surface area contributed by atoms with Gasteiger partial charge in [0.2, 0.25) is 5.88 Å². The van der Waals surface area contributed by atoms with Crippen LogP contribution in [0.2, 0.25) is 0 Å². The van der Waals surface area contributed by atoms with E-state index in [0.717, 1.165) is 6.54 Å². The van der Waals surface area contributed by atoms with Crippen LogP contribution in [0.4, 0.5) is 4.39 Å². The first kappa shape index (κ1) is 24.8. The third kappa shape index (κ3) is 5.69. The molecule has 35 heavy (non-hydrogen) atoms. The number of likely N-dealkylation sites (N-methyl/N-ethyl adjacent to an activating group) is 1. The van der Waals surface area contributed by atoms with Gasteiger partial charge in [0, 0.05) is 42.9 Å². The zero-order valence-corrected chi connectivity index (χ0v) is 20.4. The monoisotopic (exact) mass is 477 g/mol. The highest BCUT2D eigenvalue weighted by Gasteiger charge is 2.34. The first-order chi connectivity index (χ1) is 16.9. The summed E-state index contributed by atoms with van der Waals surface area (Å²) in [4.78, 5) is 21.9. The lowest BCUT2D eigenvalue weighted by Crippen LogP contribution is -2.49. The summed E-state index contributed by atoms with van der Waals surface area (Å²) in [5.41, 5.74) is 2.34. The van der Waals surface area contributed by atoms with Gasteiger partial charge < -0.3 is 14.7 Å². The highest BCUT2D eigenvalue weighted by atomic mass is 19.1. The number of ether oxygens (including phenoxy) is 1. The number of benzene rings is 2. The van der Waals surface area contributed by atoms with E-state index in [1.54, 1.807) is 35.4 Å². The Morgan fingerprint density at radius 3 is 2.60 bits per heavy atom. The van der Waals surface area contributed by atoms with Crippen LogP contribution in [0.25, 0.3) is 11.1 Å². The molecule has 2 heterocycles. The van der Waals surface area contributed by atoms with Gasteiger partial charge in [-0.05, 0) is 31.7 Å². The van der Waals surface area contributed by atoms with Gasteiger partial charge in [-0.2, -0.15) is 0 Å². The highest BCUT2D eigenvalue weighted by Crippen LogP contribution is 2.31. The van der Waals surface area contributed by atoms with E-state index in [1.807, 2.05) is 39.1 Å². The van der Waals surface area contributed by atoms with Crippen LogP contribution in [0.15, 0.2) is 66.9 Å². The molecule has 1 amide bonds. The summed E-state index contributed by atoms with van der Waals surface area (Å²) < 4.78 is 20.8. The Hall–Kier alpha value is -3.29. The van der Waals surface area contributed by atoms with E-state index in [1.165, 1.54) is 11.6 Å². The second-order valence-electron chi connectivity index (χ2n) is 9.36. The van der Waals surface area contributed by atoms with Crippen LogP contribution in [0.5, 0.6) is 5.88 Å². The predicted octanol–water partition coefficient (Wildman–Crippen LogP) is 4.24. The number of hydrogen-bond acceptors (Lipinski definition) is 5. The predicted molar refractivity (Wildman–Crippen MR) is 134 cm³/mol. The fourth-order valence-electron chi connectivity index (χ4n) is 4.43. The third-order valence-electron chi connectivity index (χ3n) is 6.49. The van der Waals surface area contributed by atoms with Crippen LogP contribution in [-0.2, 0) is 6.54 Å². The minimum Gasteiger partial charge on any atom is -0.472 e. The largest absolute Gasteiger partial charge is 0.472 e. The van der Waals surface area contributed by atoms with Crippen molar-refractivity contribution in [2.45, 2.75) is 32.5 Å². The van der Waals surface area contributed by atoms with E-state index >= 15 is 0 Å². The van der Waals surface area contributed by atoms with Gasteiger partial charge in [0.1, 0.15) is 17.5 Å². The van der Waals surface area contributed by atoms with Crippen LogP contribution in [0, 0.1) is 11.7 Å². The van der Waals surface area contributed by atoms with Crippen LogP contribution in [-0.4, -0.2) is 64.7 Å². The van der Waals surface area contributed by atoms with E-state index in [4.69, 9.17) is 4.74 Å². The first-order valence-electron chi connectivity index (χ1n) is 11.9. The number of nitrogens with zero attached hydrogens (tertiary/aromatic N) is 3. The molecular formula is C28H32FN3O3. The molecule has 3 aromatic rings. The average Bonchev–Trinajstić information content (AvgIpc) is 2.86. The van der Waals surface area contributed by atoms with Crippen molar-refractivity contribution in [1.29, 1.82) is 0 Å². The van der Waals surface area contributed by atoms with Gasteiger partial charge in [-0.15, -0.1) is 0 Å². The number of fused-ring (bicyclic) bond motifs is 1. The average molecular weight is 478 g/mol. The van der Waals surface area contributed by atoms with Crippen molar-refractivity contribution in [1.82, 2.24) is 14.8 Å². The van der Waals surface area contributed by atoms with E-state index in [-0.39, 0.29) is 47.8 Å². The summed E-state index contributed by atoms with van der Waals surface area (Å²) in [5, 5.41) is 9.85. The van der Waals surface area contributed by atoms with Gasteiger partial charge in [0.25, 0.3) is 5.91 Å². The number of aliphatic hydroxyl groups excluding tert-OH is 1. The lowest BCUT2D eigenvalue weighted by atomic mass is 9.99. The van der Waals surface area contributed by atoms with Crippen molar-refractivity contribution >= 4 is 5.91 Å². The van der Waals surface area contributed by atoms with Crippen LogP contribution < -0.4 is 4.74 Å². The molecule has 1 aromatic heterocycles. The molecule has 0 saturated heterocycles. The van der Waals surface area contributed by atoms with Crippen LogP contribution >= 0.6 is 0 Å². The Morgan fingerprint density at radius 1 is 1.17 bits per heavy atom. The van der Waals surface area contributed by atoms with Crippen molar-refractivity contribution in [3.05, 3.63) is 83.8 Å². The molecule has 0 unspecified atom stereocenters. The molecule has 0 fully saturated rings. The van der Waals surface area contributed by atoms with Gasteiger partial charge >= 0.3 is 0 Å². The number of aromatic nitrogens is 1. The summed E-state index contributed by atoms with van der Waals surface area (Å²) in [5.74, 6) is -0.444. The summed E-state index contributed by atoms with van der Waals surface area (Å²) in [6, 6.07) is 17.9. The van der Waals surface area contributed by atoms with Crippen LogP contribution in [0.3, 0.4) is 0 Å². The molecule has 6 nitrogen and oxygen atoms in total. The fraction of sp³-hybridized carbons (Fsp3) is 0.357.